The van der Waals surface area contributed by atoms with E-state index in [0.29, 0.717) is 19.5 Å². The van der Waals surface area contributed by atoms with E-state index in [2.05, 4.69) is 0 Å². The van der Waals surface area contributed by atoms with Gasteiger partial charge in [-0.25, -0.2) is 8.78 Å². The van der Waals surface area contributed by atoms with Gasteiger partial charge in [0.15, 0.2) is 0 Å². The van der Waals surface area contributed by atoms with Gasteiger partial charge in [0.25, 0.3) is 0 Å². The molecule has 1 fully saturated rings. The molecule has 0 aromatic heterocycles. The van der Waals surface area contributed by atoms with E-state index in [1.807, 2.05) is 0 Å². The third kappa shape index (κ3) is 3.56. The summed E-state index contributed by atoms with van der Waals surface area (Å²) >= 11 is 5.73. The molecule has 19 heavy (non-hydrogen) atoms. The number of rotatable bonds is 3. The Morgan fingerprint density at radius 3 is 2.63 bits per heavy atom. The molecule has 3 nitrogen and oxygen atoms in total. The Morgan fingerprint density at radius 1 is 1.42 bits per heavy atom. The summed E-state index contributed by atoms with van der Waals surface area (Å²) in [5.74, 6) is -1.39. The highest BCUT2D eigenvalue weighted by Crippen LogP contribution is 2.21. The van der Waals surface area contributed by atoms with Crippen molar-refractivity contribution in [1.82, 2.24) is 4.90 Å². The first-order valence-corrected chi connectivity index (χ1v) is 6.45. The Labute approximate surface area is 115 Å². The number of carbonyl (C=O) groups is 1. The zero-order valence-electron chi connectivity index (χ0n) is 10.4. The summed E-state index contributed by atoms with van der Waals surface area (Å²) in [6.45, 7) is 2.53. The molecule has 0 spiro atoms. The van der Waals surface area contributed by atoms with Crippen LogP contribution in [0.25, 0.3) is 0 Å². The molecular weight excluding hydrogens is 276 g/mol. The smallest absolute Gasteiger partial charge is 0.240 e. The van der Waals surface area contributed by atoms with Gasteiger partial charge in [-0.3, -0.25) is 4.79 Å². The molecule has 104 valence electrons. The lowest BCUT2D eigenvalue weighted by Crippen LogP contribution is -2.35. The van der Waals surface area contributed by atoms with E-state index in [-0.39, 0.29) is 17.8 Å². The molecule has 1 heterocycles. The van der Waals surface area contributed by atoms with Crippen molar-refractivity contribution in [2.24, 2.45) is 0 Å². The van der Waals surface area contributed by atoms with Gasteiger partial charge in [-0.2, -0.15) is 0 Å². The number of nitrogens with zero attached hydrogens (tertiary/aromatic N) is 1. The fourth-order valence-electron chi connectivity index (χ4n) is 2.07. The molecule has 0 saturated carbocycles. The SMILES string of the molecule is CC(Cl)C(=O)N1CCC(Oc2cc(F)cc(F)c2)C1. The summed E-state index contributed by atoms with van der Waals surface area (Å²) in [7, 11) is 0. The lowest BCUT2D eigenvalue weighted by atomic mass is 10.3. The van der Waals surface area contributed by atoms with Crippen LogP contribution in [-0.4, -0.2) is 35.4 Å². The van der Waals surface area contributed by atoms with E-state index in [9.17, 15) is 13.6 Å². The fourth-order valence-corrected chi connectivity index (χ4v) is 2.20. The van der Waals surface area contributed by atoms with E-state index >= 15 is 0 Å². The molecule has 6 heteroatoms. The monoisotopic (exact) mass is 289 g/mol. The lowest BCUT2D eigenvalue weighted by molar-refractivity contribution is -0.129. The standard InChI is InChI=1S/C13H14ClF2NO2/c1-8(14)13(18)17-3-2-11(7-17)19-12-5-9(15)4-10(16)6-12/h4-6,8,11H,2-3,7H2,1H3. The van der Waals surface area contributed by atoms with Crippen LogP contribution in [0.4, 0.5) is 8.78 Å². The van der Waals surface area contributed by atoms with E-state index < -0.39 is 17.0 Å². The lowest BCUT2D eigenvalue weighted by Gasteiger charge is -2.18. The second-order valence-electron chi connectivity index (χ2n) is 4.53. The quantitative estimate of drug-likeness (QED) is 0.801. The van der Waals surface area contributed by atoms with E-state index in [1.54, 1.807) is 11.8 Å². The Morgan fingerprint density at radius 2 is 2.05 bits per heavy atom. The first-order chi connectivity index (χ1) is 8.95. The molecule has 0 bridgehead atoms. The second kappa shape index (κ2) is 5.74. The van der Waals surface area contributed by atoms with Crippen LogP contribution in [0.15, 0.2) is 18.2 Å². The molecular formula is C13H14ClF2NO2. The van der Waals surface area contributed by atoms with Gasteiger partial charge in [-0.05, 0) is 6.92 Å². The van der Waals surface area contributed by atoms with Crippen LogP contribution in [-0.2, 0) is 4.79 Å². The summed E-state index contributed by atoms with van der Waals surface area (Å²) in [6.07, 6.45) is 0.355. The minimum atomic E-state index is -0.685. The first kappa shape index (κ1) is 14.1. The molecule has 2 rings (SSSR count). The van der Waals surface area contributed by atoms with Gasteiger partial charge in [0.2, 0.25) is 5.91 Å². The Hall–Kier alpha value is -1.36. The van der Waals surface area contributed by atoms with Gasteiger partial charge in [0.05, 0.1) is 6.54 Å². The van der Waals surface area contributed by atoms with Crippen molar-refractivity contribution in [2.45, 2.75) is 24.8 Å². The Kier molecular flexibility index (Phi) is 4.24. The van der Waals surface area contributed by atoms with Crippen LogP contribution in [0.5, 0.6) is 5.75 Å². The second-order valence-corrected chi connectivity index (χ2v) is 5.19. The molecule has 1 saturated heterocycles. The number of likely N-dealkylation sites (tertiary alicyclic amines) is 1. The molecule has 1 aromatic rings. The third-order valence-electron chi connectivity index (χ3n) is 2.94. The predicted octanol–water partition coefficient (Wildman–Crippen LogP) is 2.57. The molecule has 1 aromatic carbocycles. The van der Waals surface area contributed by atoms with Crippen LogP contribution >= 0.6 is 11.6 Å². The zero-order valence-corrected chi connectivity index (χ0v) is 11.2. The van der Waals surface area contributed by atoms with Crippen molar-refractivity contribution >= 4 is 17.5 Å². The maximum absolute atomic E-state index is 13.0. The van der Waals surface area contributed by atoms with Crippen molar-refractivity contribution in [3.8, 4) is 5.75 Å². The summed E-state index contributed by atoms with van der Waals surface area (Å²) in [6, 6.07) is 3.03. The summed E-state index contributed by atoms with van der Waals surface area (Å²) < 4.78 is 31.5. The van der Waals surface area contributed by atoms with Gasteiger partial charge in [-0.1, -0.05) is 0 Å². The van der Waals surface area contributed by atoms with Crippen molar-refractivity contribution in [3.05, 3.63) is 29.8 Å². The van der Waals surface area contributed by atoms with Crippen LogP contribution < -0.4 is 4.74 Å². The number of alkyl halides is 1. The molecule has 1 aliphatic rings. The normalized spacial score (nSPS) is 20.4. The highest BCUT2D eigenvalue weighted by molar-refractivity contribution is 6.30. The van der Waals surface area contributed by atoms with Gasteiger partial charge in [0.1, 0.15) is 28.9 Å². The van der Waals surface area contributed by atoms with Crippen LogP contribution in [0.2, 0.25) is 0 Å². The maximum atomic E-state index is 13.0. The Bertz CT molecular complexity index is 461. The summed E-state index contributed by atoms with van der Waals surface area (Å²) in [5, 5.41) is -0.578. The van der Waals surface area contributed by atoms with E-state index in [1.165, 1.54) is 0 Å². The van der Waals surface area contributed by atoms with Crippen LogP contribution in [0.1, 0.15) is 13.3 Å². The van der Waals surface area contributed by atoms with Crippen molar-refractivity contribution in [2.75, 3.05) is 13.1 Å². The summed E-state index contributed by atoms with van der Waals surface area (Å²) in [4.78, 5) is 13.3. The number of carbonyl (C=O) groups excluding carboxylic acids is 1. The number of hydrogen-bond acceptors (Lipinski definition) is 2. The number of amides is 1. The minimum Gasteiger partial charge on any atom is -0.488 e. The van der Waals surface area contributed by atoms with E-state index in [4.69, 9.17) is 16.3 Å². The molecule has 0 radical (unpaired) electrons. The highest BCUT2D eigenvalue weighted by Gasteiger charge is 2.29. The molecule has 2 unspecified atom stereocenters. The first-order valence-electron chi connectivity index (χ1n) is 6.01. The third-order valence-corrected chi connectivity index (χ3v) is 3.12. The molecule has 0 N–H and O–H groups in total. The largest absolute Gasteiger partial charge is 0.488 e. The average Bonchev–Trinajstić information content (AvgIpc) is 2.74. The highest BCUT2D eigenvalue weighted by atomic mass is 35.5. The van der Waals surface area contributed by atoms with Crippen LogP contribution in [0, 0.1) is 11.6 Å². The molecule has 1 aliphatic heterocycles. The number of benzene rings is 1. The van der Waals surface area contributed by atoms with Crippen molar-refractivity contribution < 1.29 is 18.3 Å². The molecule has 0 aliphatic carbocycles. The zero-order chi connectivity index (χ0) is 14.0. The fraction of sp³-hybridized carbons (Fsp3) is 0.462. The molecule has 1 amide bonds. The molecule has 2 atom stereocenters. The average molecular weight is 290 g/mol. The number of halogens is 3. The Balaban J connectivity index is 1.96. The van der Waals surface area contributed by atoms with Crippen molar-refractivity contribution in [3.63, 3.8) is 0 Å². The van der Waals surface area contributed by atoms with E-state index in [0.717, 1.165) is 18.2 Å². The number of hydrogen-bond donors (Lipinski definition) is 0. The summed E-state index contributed by atoms with van der Waals surface area (Å²) in [5.41, 5.74) is 0. The maximum Gasteiger partial charge on any atom is 0.240 e. The van der Waals surface area contributed by atoms with Gasteiger partial charge >= 0.3 is 0 Å². The predicted molar refractivity (Wildman–Crippen MR) is 67.3 cm³/mol. The van der Waals surface area contributed by atoms with Gasteiger partial charge < -0.3 is 9.64 Å². The topological polar surface area (TPSA) is 29.5 Å². The van der Waals surface area contributed by atoms with Crippen molar-refractivity contribution in [1.29, 1.82) is 0 Å². The van der Waals surface area contributed by atoms with Gasteiger partial charge in [-0.15, -0.1) is 11.6 Å². The van der Waals surface area contributed by atoms with Gasteiger partial charge in [0, 0.05) is 31.2 Å². The van der Waals surface area contributed by atoms with Crippen LogP contribution in [0.3, 0.4) is 0 Å². The minimum absolute atomic E-state index is 0.135. The number of ether oxygens (including phenoxy) is 1.